The summed E-state index contributed by atoms with van der Waals surface area (Å²) in [4.78, 5) is 11.4. The highest BCUT2D eigenvalue weighted by molar-refractivity contribution is 7.99. The highest BCUT2D eigenvalue weighted by Crippen LogP contribution is 2.08. The molecule has 1 aliphatic rings. The molecule has 1 amide bonds. The van der Waals surface area contributed by atoms with E-state index >= 15 is 0 Å². The van der Waals surface area contributed by atoms with Gasteiger partial charge in [0.2, 0.25) is 5.91 Å². The standard InChI is InChI=1S/C8H16N2O2S2/c1-2-14(12)4-3-9-8(11)7-5-13-6-10-7/h7,10H,2-6H2,1H3,(H,9,11). The van der Waals surface area contributed by atoms with Gasteiger partial charge in [0.25, 0.3) is 0 Å². The van der Waals surface area contributed by atoms with Crippen LogP contribution in [-0.4, -0.2) is 45.8 Å². The third-order valence-electron chi connectivity index (χ3n) is 1.98. The van der Waals surface area contributed by atoms with Crippen LogP contribution in [0.15, 0.2) is 0 Å². The molecule has 0 aromatic rings. The third kappa shape index (κ3) is 3.98. The first-order valence-electron chi connectivity index (χ1n) is 4.68. The van der Waals surface area contributed by atoms with Gasteiger partial charge in [0, 0.05) is 40.5 Å². The molecule has 0 spiro atoms. The first kappa shape index (κ1) is 12.0. The average Bonchev–Trinajstić information content (AvgIpc) is 2.70. The molecule has 0 aromatic carbocycles. The number of thioether (sulfide) groups is 1. The van der Waals surface area contributed by atoms with Crippen LogP contribution < -0.4 is 10.6 Å². The molecule has 1 saturated heterocycles. The van der Waals surface area contributed by atoms with Gasteiger partial charge in [-0.3, -0.25) is 14.3 Å². The minimum atomic E-state index is -0.785. The van der Waals surface area contributed by atoms with Crippen molar-refractivity contribution in [1.82, 2.24) is 10.6 Å². The van der Waals surface area contributed by atoms with Crippen LogP contribution >= 0.6 is 11.8 Å². The Balaban J connectivity index is 2.11. The van der Waals surface area contributed by atoms with Crippen LogP contribution in [0.25, 0.3) is 0 Å². The van der Waals surface area contributed by atoms with Crippen LogP contribution in [-0.2, 0) is 15.6 Å². The summed E-state index contributed by atoms with van der Waals surface area (Å²) in [5, 5.41) is 5.87. The fourth-order valence-corrected chi connectivity index (χ4v) is 2.68. The minimum Gasteiger partial charge on any atom is -0.354 e. The highest BCUT2D eigenvalue weighted by atomic mass is 32.2. The maximum atomic E-state index is 11.4. The number of rotatable bonds is 5. The lowest BCUT2D eigenvalue weighted by molar-refractivity contribution is -0.122. The molecular weight excluding hydrogens is 220 g/mol. The minimum absolute atomic E-state index is 0.0307. The fourth-order valence-electron chi connectivity index (χ4n) is 1.12. The van der Waals surface area contributed by atoms with Gasteiger partial charge < -0.3 is 5.32 Å². The largest absolute Gasteiger partial charge is 0.354 e. The van der Waals surface area contributed by atoms with Crippen molar-refractivity contribution < 1.29 is 9.00 Å². The maximum absolute atomic E-state index is 11.4. The molecule has 0 aromatic heterocycles. The van der Waals surface area contributed by atoms with Gasteiger partial charge >= 0.3 is 0 Å². The lowest BCUT2D eigenvalue weighted by Crippen LogP contribution is -2.43. The zero-order chi connectivity index (χ0) is 10.4. The first-order chi connectivity index (χ1) is 6.74. The summed E-state index contributed by atoms with van der Waals surface area (Å²) >= 11 is 1.72. The molecule has 82 valence electrons. The molecule has 0 radical (unpaired) electrons. The molecule has 1 heterocycles. The Morgan fingerprint density at radius 2 is 2.50 bits per heavy atom. The topological polar surface area (TPSA) is 58.2 Å². The van der Waals surface area contributed by atoms with Crippen LogP contribution in [0.5, 0.6) is 0 Å². The van der Waals surface area contributed by atoms with Gasteiger partial charge in [-0.2, -0.15) is 0 Å². The van der Waals surface area contributed by atoms with Gasteiger partial charge in [0.1, 0.15) is 0 Å². The van der Waals surface area contributed by atoms with Crippen LogP contribution in [0.1, 0.15) is 6.92 Å². The van der Waals surface area contributed by atoms with E-state index in [-0.39, 0.29) is 11.9 Å². The normalized spacial score (nSPS) is 23.4. The number of hydrogen-bond acceptors (Lipinski definition) is 4. The van der Waals surface area contributed by atoms with E-state index in [2.05, 4.69) is 10.6 Å². The number of amides is 1. The van der Waals surface area contributed by atoms with Crippen molar-refractivity contribution in [3.63, 3.8) is 0 Å². The number of carbonyl (C=O) groups excluding carboxylic acids is 1. The van der Waals surface area contributed by atoms with E-state index in [4.69, 9.17) is 0 Å². The summed E-state index contributed by atoms with van der Waals surface area (Å²) in [6, 6.07) is -0.0601. The summed E-state index contributed by atoms with van der Waals surface area (Å²) in [6.07, 6.45) is 0. The van der Waals surface area contributed by atoms with Gasteiger partial charge in [-0.1, -0.05) is 6.92 Å². The molecule has 4 nitrogen and oxygen atoms in total. The van der Waals surface area contributed by atoms with E-state index in [1.165, 1.54) is 0 Å². The molecule has 2 atom stereocenters. The van der Waals surface area contributed by atoms with Crippen molar-refractivity contribution in [2.24, 2.45) is 0 Å². The second-order valence-corrected chi connectivity index (χ2v) is 5.89. The van der Waals surface area contributed by atoms with Gasteiger partial charge in [0.05, 0.1) is 6.04 Å². The van der Waals surface area contributed by atoms with E-state index < -0.39 is 10.8 Å². The number of hydrogen-bond donors (Lipinski definition) is 2. The second-order valence-electron chi connectivity index (χ2n) is 3.00. The van der Waals surface area contributed by atoms with E-state index in [0.29, 0.717) is 18.1 Å². The Labute approximate surface area is 91.0 Å². The van der Waals surface area contributed by atoms with Crippen LogP contribution in [0, 0.1) is 0 Å². The molecule has 14 heavy (non-hydrogen) atoms. The molecule has 2 unspecified atom stereocenters. The second kappa shape index (κ2) is 6.42. The van der Waals surface area contributed by atoms with Crippen molar-refractivity contribution in [1.29, 1.82) is 0 Å². The smallest absolute Gasteiger partial charge is 0.238 e. The van der Waals surface area contributed by atoms with Gasteiger partial charge in [-0.05, 0) is 0 Å². The SMILES string of the molecule is CCS(=O)CCNC(=O)C1CSCN1. The number of nitrogens with one attached hydrogen (secondary N) is 2. The van der Waals surface area contributed by atoms with E-state index in [0.717, 1.165) is 11.6 Å². The Hall–Kier alpha value is -0.0700. The third-order valence-corrected chi connectivity index (χ3v) is 4.23. The van der Waals surface area contributed by atoms with E-state index in [9.17, 15) is 9.00 Å². The predicted molar refractivity (Wildman–Crippen MR) is 60.8 cm³/mol. The van der Waals surface area contributed by atoms with Gasteiger partial charge in [-0.15, -0.1) is 11.8 Å². The molecule has 6 heteroatoms. The monoisotopic (exact) mass is 236 g/mol. The van der Waals surface area contributed by atoms with Crippen molar-refractivity contribution in [3.8, 4) is 0 Å². The van der Waals surface area contributed by atoms with E-state index in [1.807, 2.05) is 6.92 Å². The molecule has 2 N–H and O–H groups in total. The Kier molecular flexibility index (Phi) is 5.50. The van der Waals surface area contributed by atoms with Crippen molar-refractivity contribution in [2.45, 2.75) is 13.0 Å². The predicted octanol–water partition coefficient (Wildman–Crippen LogP) is -0.466. The Bertz CT molecular complexity index is 217. The average molecular weight is 236 g/mol. The molecular formula is C8H16N2O2S2. The molecule has 0 aliphatic carbocycles. The van der Waals surface area contributed by atoms with E-state index in [1.54, 1.807) is 11.8 Å². The van der Waals surface area contributed by atoms with Crippen molar-refractivity contribution in [3.05, 3.63) is 0 Å². The lowest BCUT2D eigenvalue weighted by atomic mass is 10.3. The lowest BCUT2D eigenvalue weighted by Gasteiger charge is -2.09. The highest BCUT2D eigenvalue weighted by Gasteiger charge is 2.21. The summed E-state index contributed by atoms with van der Waals surface area (Å²) in [7, 11) is -0.785. The molecule has 1 rings (SSSR count). The van der Waals surface area contributed by atoms with Gasteiger partial charge in [0.15, 0.2) is 0 Å². The summed E-state index contributed by atoms with van der Waals surface area (Å²) < 4.78 is 11.1. The summed E-state index contributed by atoms with van der Waals surface area (Å²) in [5.74, 6) is 2.93. The molecule has 0 bridgehead atoms. The molecule has 0 saturated carbocycles. The fraction of sp³-hybridized carbons (Fsp3) is 0.875. The summed E-state index contributed by atoms with van der Waals surface area (Å²) in [6.45, 7) is 2.40. The first-order valence-corrected chi connectivity index (χ1v) is 7.32. The van der Waals surface area contributed by atoms with Crippen LogP contribution in [0.4, 0.5) is 0 Å². The van der Waals surface area contributed by atoms with Crippen molar-refractivity contribution in [2.75, 3.05) is 29.7 Å². The quantitative estimate of drug-likeness (QED) is 0.678. The maximum Gasteiger partial charge on any atom is 0.238 e. The Morgan fingerprint density at radius 1 is 1.71 bits per heavy atom. The zero-order valence-corrected chi connectivity index (χ0v) is 9.88. The Morgan fingerprint density at radius 3 is 3.07 bits per heavy atom. The molecule has 1 fully saturated rings. The van der Waals surface area contributed by atoms with Crippen LogP contribution in [0.3, 0.4) is 0 Å². The number of carbonyl (C=O) groups is 1. The van der Waals surface area contributed by atoms with Crippen LogP contribution in [0.2, 0.25) is 0 Å². The van der Waals surface area contributed by atoms with Gasteiger partial charge in [-0.25, -0.2) is 0 Å². The summed E-state index contributed by atoms with van der Waals surface area (Å²) in [5.41, 5.74) is 0. The zero-order valence-electron chi connectivity index (χ0n) is 8.25. The van der Waals surface area contributed by atoms with Crippen molar-refractivity contribution >= 4 is 28.5 Å². The molecule has 1 aliphatic heterocycles.